The van der Waals surface area contributed by atoms with Crippen LogP contribution in [0.15, 0.2) is 54.7 Å². The van der Waals surface area contributed by atoms with Gasteiger partial charge in [0, 0.05) is 30.4 Å². The summed E-state index contributed by atoms with van der Waals surface area (Å²) in [6.45, 7) is 7.05. The number of carbonyl (C=O) groups excluding carboxylic acids is 1. The van der Waals surface area contributed by atoms with Gasteiger partial charge in [0.25, 0.3) is 5.91 Å². The Labute approximate surface area is 164 Å². The van der Waals surface area contributed by atoms with E-state index in [-0.39, 0.29) is 11.9 Å². The lowest BCUT2D eigenvalue weighted by Crippen LogP contribution is -2.37. The van der Waals surface area contributed by atoms with Gasteiger partial charge in [0.2, 0.25) is 0 Å². The molecule has 1 aliphatic rings. The molecule has 6 heteroatoms. The van der Waals surface area contributed by atoms with Crippen LogP contribution in [0.3, 0.4) is 0 Å². The van der Waals surface area contributed by atoms with Gasteiger partial charge in [0.15, 0.2) is 0 Å². The predicted octanol–water partition coefficient (Wildman–Crippen LogP) is 3.52. The zero-order chi connectivity index (χ0) is 19.5. The highest BCUT2D eigenvalue weighted by molar-refractivity contribution is 6.07. The maximum absolute atomic E-state index is 13.1. The van der Waals surface area contributed by atoms with Gasteiger partial charge in [-0.25, -0.2) is 4.98 Å². The summed E-state index contributed by atoms with van der Waals surface area (Å²) in [7, 11) is 0. The Kier molecular flexibility index (Phi) is 5.21. The molecular weight excluding hydrogens is 352 g/mol. The second kappa shape index (κ2) is 7.94. The normalized spacial score (nSPS) is 14.5. The average Bonchev–Trinajstić information content (AvgIpc) is 2.74. The Morgan fingerprint density at radius 3 is 2.54 bits per heavy atom. The third kappa shape index (κ3) is 3.68. The van der Waals surface area contributed by atoms with Gasteiger partial charge in [0.05, 0.1) is 30.4 Å². The van der Waals surface area contributed by atoms with E-state index in [1.54, 1.807) is 4.90 Å². The van der Waals surface area contributed by atoms with Crippen LogP contribution in [0, 0.1) is 0 Å². The Hall–Kier alpha value is -2.99. The fraction of sp³-hybridized carbons (Fsp3) is 0.318. The van der Waals surface area contributed by atoms with Gasteiger partial charge in [-0.05, 0) is 44.2 Å². The second-order valence-electron chi connectivity index (χ2n) is 7.14. The molecule has 2 aromatic carbocycles. The van der Waals surface area contributed by atoms with E-state index >= 15 is 0 Å². The fourth-order valence-corrected chi connectivity index (χ4v) is 3.45. The first-order chi connectivity index (χ1) is 13.6. The quantitative estimate of drug-likeness (QED) is 0.697. The molecule has 28 heavy (non-hydrogen) atoms. The van der Waals surface area contributed by atoms with E-state index in [1.165, 1.54) is 0 Å². The number of hydrogen-bond donors (Lipinski definition) is 0. The number of amides is 1. The van der Waals surface area contributed by atoms with Crippen molar-refractivity contribution in [1.82, 2.24) is 9.97 Å². The number of nitrogens with zero attached hydrogens (tertiary/aromatic N) is 4. The van der Waals surface area contributed by atoms with Gasteiger partial charge in [0.1, 0.15) is 5.82 Å². The number of morpholine rings is 1. The first kappa shape index (κ1) is 18.4. The molecule has 0 aliphatic carbocycles. The first-order valence-corrected chi connectivity index (χ1v) is 9.61. The summed E-state index contributed by atoms with van der Waals surface area (Å²) < 4.78 is 5.42. The Morgan fingerprint density at radius 2 is 1.82 bits per heavy atom. The molecular formula is C22H24N4O2. The highest BCUT2D eigenvalue weighted by Gasteiger charge is 2.21. The molecule has 0 spiro atoms. The topological polar surface area (TPSA) is 58.6 Å². The van der Waals surface area contributed by atoms with Gasteiger partial charge in [-0.3, -0.25) is 9.78 Å². The van der Waals surface area contributed by atoms with Crippen LogP contribution in [0.1, 0.15) is 24.2 Å². The van der Waals surface area contributed by atoms with E-state index < -0.39 is 0 Å². The van der Waals surface area contributed by atoms with Gasteiger partial charge in [-0.1, -0.05) is 18.2 Å². The van der Waals surface area contributed by atoms with Crippen molar-refractivity contribution in [3.63, 3.8) is 0 Å². The van der Waals surface area contributed by atoms with E-state index in [2.05, 4.69) is 9.88 Å². The van der Waals surface area contributed by atoms with E-state index in [0.717, 1.165) is 35.6 Å². The van der Waals surface area contributed by atoms with Crippen LogP contribution in [0.25, 0.3) is 11.0 Å². The van der Waals surface area contributed by atoms with Gasteiger partial charge in [-0.15, -0.1) is 0 Å². The summed E-state index contributed by atoms with van der Waals surface area (Å²) in [6.07, 6.45) is 1.81. The zero-order valence-electron chi connectivity index (χ0n) is 16.2. The third-order valence-corrected chi connectivity index (χ3v) is 4.88. The van der Waals surface area contributed by atoms with Crippen molar-refractivity contribution in [2.24, 2.45) is 0 Å². The number of benzene rings is 2. The summed E-state index contributed by atoms with van der Waals surface area (Å²) >= 11 is 0. The highest BCUT2D eigenvalue weighted by atomic mass is 16.5. The van der Waals surface area contributed by atoms with Gasteiger partial charge < -0.3 is 14.5 Å². The SMILES string of the molecule is CC(C)N(C(=O)c1ccccc1)c1ccc2ncc(N3CCOCC3)nc2c1. The van der Waals surface area contributed by atoms with E-state index in [4.69, 9.17) is 9.72 Å². The lowest BCUT2D eigenvalue weighted by molar-refractivity contribution is 0.0980. The van der Waals surface area contributed by atoms with E-state index in [1.807, 2.05) is 68.6 Å². The molecule has 1 amide bonds. The molecule has 0 saturated carbocycles. The first-order valence-electron chi connectivity index (χ1n) is 9.61. The maximum atomic E-state index is 13.1. The minimum atomic E-state index is -0.0211. The molecule has 0 atom stereocenters. The van der Waals surface area contributed by atoms with Crippen molar-refractivity contribution in [2.75, 3.05) is 36.1 Å². The summed E-state index contributed by atoms with van der Waals surface area (Å²) in [4.78, 5) is 26.4. The molecule has 3 aromatic rings. The number of hydrogen-bond acceptors (Lipinski definition) is 5. The minimum absolute atomic E-state index is 0.0144. The number of ether oxygens (including phenoxy) is 1. The van der Waals surface area contributed by atoms with Crippen molar-refractivity contribution >= 4 is 28.4 Å². The Bertz CT molecular complexity index is 969. The number of rotatable bonds is 4. The van der Waals surface area contributed by atoms with E-state index in [9.17, 15) is 4.79 Å². The van der Waals surface area contributed by atoms with Gasteiger partial charge >= 0.3 is 0 Å². The van der Waals surface area contributed by atoms with Crippen LogP contribution >= 0.6 is 0 Å². The lowest BCUT2D eigenvalue weighted by atomic mass is 10.1. The maximum Gasteiger partial charge on any atom is 0.258 e. The minimum Gasteiger partial charge on any atom is -0.378 e. The van der Waals surface area contributed by atoms with Crippen molar-refractivity contribution in [2.45, 2.75) is 19.9 Å². The predicted molar refractivity (Wildman–Crippen MR) is 111 cm³/mol. The molecule has 0 bridgehead atoms. The van der Waals surface area contributed by atoms with Crippen LogP contribution < -0.4 is 9.80 Å². The third-order valence-electron chi connectivity index (χ3n) is 4.88. The number of anilines is 2. The molecule has 0 radical (unpaired) electrons. The van der Waals surface area contributed by atoms with Crippen LogP contribution in [-0.4, -0.2) is 48.2 Å². The molecule has 1 fully saturated rings. The molecule has 6 nitrogen and oxygen atoms in total. The number of aromatic nitrogens is 2. The van der Waals surface area contributed by atoms with Crippen molar-refractivity contribution in [1.29, 1.82) is 0 Å². The highest BCUT2D eigenvalue weighted by Crippen LogP contribution is 2.25. The Morgan fingerprint density at radius 1 is 1.07 bits per heavy atom. The molecule has 1 saturated heterocycles. The van der Waals surface area contributed by atoms with Crippen LogP contribution in [0.4, 0.5) is 11.5 Å². The van der Waals surface area contributed by atoms with Gasteiger partial charge in [-0.2, -0.15) is 0 Å². The second-order valence-corrected chi connectivity index (χ2v) is 7.14. The van der Waals surface area contributed by atoms with E-state index in [0.29, 0.717) is 18.8 Å². The van der Waals surface area contributed by atoms with Crippen LogP contribution in [0.2, 0.25) is 0 Å². The number of carbonyl (C=O) groups is 1. The Balaban J connectivity index is 1.70. The van der Waals surface area contributed by atoms with Crippen molar-refractivity contribution in [3.05, 3.63) is 60.3 Å². The van der Waals surface area contributed by atoms with Crippen molar-refractivity contribution in [3.8, 4) is 0 Å². The summed E-state index contributed by atoms with van der Waals surface area (Å²) in [6, 6.07) is 15.2. The molecule has 1 aromatic heterocycles. The number of fused-ring (bicyclic) bond motifs is 1. The summed E-state index contributed by atoms with van der Waals surface area (Å²) in [5.41, 5.74) is 3.10. The molecule has 0 unspecified atom stereocenters. The smallest absolute Gasteiger partial charge is 0.258 e. The average molecular weight is 376 g/mol. The molecule has 1 aliphatic heterocycles. The molecule has 2 heterocycles. The lowest BCUT2D eigenvalue weighted by Gasteiger charge is -2.28. The standard InChI is InChI=1S/C22H24N4O2/c1-16(2)26(22(27)17-6-4-3-5-7-17)18-8-9-19-20(14-18)24-21(15-23-19)25-10-12-28-13-11-25/h3-9,14-16H,10-13H2,1-2H3. The summed E-state index contributed by atoms with van der Waals surface area (Å²) in [5, 5.41) is 0. The molecule has 144 valence electrons. The molecule has 4 rings (SSSR count). The molecule has 0 N–H and O–H groups in total. The van der Waals surface area contributed by atoms with Crippen LogP contribution in [0.5, 0.6) is 0 Å². The monoisotopic (exact) mass is 376 g/mol. The van der Waals surface area contributed by atoms with Crippen molar-refractivity contribution < 1.29 is 9.53 Å². The van der Waals surface area contributed by atoms with Crippen LogP contribution in [-0.2, 0) is 4.74 Å². The zero-order valence-corrected chi connectivity index (χ0v) is 16.2. The summed E-state index contributed by atoms with van der Waals surface area (Å²) in [5.74, 6) is 0.825. The fourth-order valence-electron chi connectivity index (χ4n) is 3.45. The largest absolute Gasteiger partial charge is 0.378 e.